The first-order valence-electron chi connectivity index (χ1n) is 18.9. The Morgan fingerprint density at radius 1 is 0.684 bits per heavy atom. The molecule has 0 N–H and O–H groups in total. The fraction of sp³-hybridized carbons (Fsp3) is 0.789. The van der Waals surface area contributed by atoms with E-state index < -0.39 is 77.5 Å². The molecule has 334 valence electrons. The first kappa shape index (κ1) is 53.2. The predicted octanol–water partition coefficient (Wildman–Crippen LogP) is 13.9. The normalized spacial score (nSPS) is 16.3. The van der Waals surface area contributed by atoms with Crippen molar-refractivity contribution in [3.05, 3.63) is 42.0 Å². The first-order valence-corrected chi connectivity index (χ1v) is 24.3. The Kier molecular flexibility index (Phi) is 18.4. The average Bonchev–Trinajstić information content (AvgIpc) is 3.08. The molecule has 0 saturated carbocycles. The molecule has 1 aromatic rings. The van der Waals surface area contributed by atoms with Crippen molar-refractivity contribution in [2.75, 3.05) is 19.8 Å². The molecule has 0 bridgehead atoms. The van der Waals surface area contributed by atoms with E-state index in [0.29, 0.717) is 25.2 Å². The number of hydrogen-bond donors (Lipinski definition) is 0. The van der Waals surface area contributed by atoms with Crippen molar-refractivity contribution >= 4 is 16.6 Å². The molecular formula is C38H59F13O4Si2. The van der Waals surface area contributed by atoms with E-state index in [0.717, 1.165) is 24.6 Å². The van der Waals surface area contributed by atoms with Gasteiger partial charge in [0, 0.05) is 13.0 Å². The third-order valence-electron chi connectivity index (χ3n) is 10.8. The van der Waals surface area contributed by atoms with Gasteiger partial charge in [0.1, 0.15) is 5.75 Å². The molecule has 2 atom stereocenters. The quantitative estimate of drug-likeness (QED) is 0.0424. The lowest BCUT2D eigenvalue weighted by Gasteiger charge is -2.42. The third-order valence-corrected chi connectivity index (χ3v) is 20.1. The summed E-state index contributed by atoms with van der Waals surface area (Å²) in [6.45, 7) is 22.1. The Labute approximate surface area is 330 Å². The van der Waals surface area contributed by atoms with Crippen molar-refractivity contribution in [2.45, 2.75) is 165 Å². The van der Waals surface area contributed by atoms with Gasteiger partial charge < -0.3 is 18.3 Å². The highest BCUT2D eigenvalue weighted by molar-refractivity contribution is 6.74. The van der Waals surface area contributed by atoms with Crippen LogP contribution in [0.3, 0.4) is 0 Å². The molecule has 0 saturated heterocycles. The van der Waals surface area contributed by atoms with E-state index in [1.807, 2.05) is 6.92 Å². The summed E-state index contributed by atoms with van der Waals surface area (Å²) in [6, 6.07) is 8.81. The van der Waals surface area contributed by atoms with E-state index in [1.165, 1.54) is 24.3 Å². The monoisotopic (exact) mass is 882 g/mol. The Morgan fingerprint density at radius 2 is 1.19 bits per heavy atom. The van der Waals surface area contributed by atoms with E-state index in [9.17, 15) is 57.1 Å². The zero-order valence-electron chi connectivity index (χ0n) is 34.4. The van der Waals surface area contributed by atoms with Crippen molar-refractivity contribution in [1.82, 2.24) is 0 Å². The number of halogens is 13. The number of ether oxygens (including phenoxy) is 2. The highest BCUT2D eigenvalue weighted by atomic mass is 28.4. The molecule has 1 aromatic carbocycles. The summed E-state index contributed by atoms with van der Waals surface area (Å²) in [6.07, 6.45) is -5.32. The fourth-order valence-corrected chi connectivity index (χ4v) is 9.72. The first-order chi connectivity index (χ1) is 25.6. The molecule has 19 heteroatoms. The molecule has 0 spiro atoms. The number of alkyl halides is 13. The molecule has 0 aliphatic heterocycles. The number of hydrogen-bond acceptors (Lipinski definition) is 4. The Balaban J connectivity index is 2.76. The van der Waals surface area contributed by atoms with E-state index in [1.54, 1.807) is 0 Å². The lowest BCUT2D eigenvalue weighted by Crippen LogP contribution is -2.70. The summed E-state index contributed by atoms with van der Waals surface area (Å²) in [5.41, 5.74) is 0.252. The predicted molar refractivity (Wildman–Crippen MR) is 199 cm³/mol. The molecule has 0 amide bonds. The van der Waals surface area contributed by atoms with E-state index in [2.05, 4.69) is 73.7 Å². The van der Waals surface area contributed by atoms with Crippen LogP contribution in [0, 0.1) is 5.92 Å². The van der Waals surface area contributed by atoms with Gasteiger partial charge in [-0.3, -0.25) is 0 Å². The van der Waals surface area contributed by atoms with Gasteiger partial charge in [-0.2, -0.15) is 57.1 Å². The van der Waals surface area contributed by atoms with Crippen molar-refractivity contribution in [3.63, 3.8) is 0 Å². The minimum absolute atomic E-state index is 0.00749. The summed E-state index contributed by atoms with van der Waals surface area (Å²) in [4.78, 5) is 0. The Bertz CT molecular complexity index is 1390. The molecule has 0 aliphatic rings. The van der Waals surface area contributed by atoms with Gasteiger partial charge in [-0.05, 0) is 86.1 Å². The topological polar surface area (TPSA) is 36.9 Å². The second-order valence-corrected chi connectivity index (χ2v) is 25.9. The summed E-state index contributed by atoms with van der Waals surface area (Å²) < 4.78 is 197. The van der Waals surface area contributed by atoms with Gasteiger partial charge in [-0.25, -0.2) is 0 Å². The van der Waals surface area contributed by atoms with Crippen LogP contribution < -0.4 is 4.74 Å². The molecule has 4 nitrogen and oxygen atoms in total. The minimum atomic E-state index is -7.91. The van der Waals surface area contributed by atoms with Gasteiger partial charge in [0.25, 0.3) is 0 Å². The molecule has 0 fully saturated rings. The van der Waals surface area contributed by atoms with E-state index in [4.69, 9.17) is 18.3 Å². The molecule has 0 aliphatic carbocycles. The maximum absolute atomic E-state index is 14.0. The van der Waals surface area contributed by atoms with Gasteiger partial charge in [0.2, 0.25) is 0 Å². The summed E-state index contributed by atoms with van der Waals surface area (Å²) in [7, 11) is -3.88. The Morgan fingerprint density at radius 3 is 1.67 bits per heavy atom. The highest BCUT2D eigenvalue weighted by Gasteiger charge is 2.90. The second-order valence-electron chi connectivity index (χ2n) is 16.4. The maximum atomic E-state index is 14.0. The van der Waals surface area contributed by atoms with Crippen LogP contribution in [0.25, 0.3) is 0 Å². The molecule has 1 rings (SSSR count). The largest absolute Gasteiger partial charge is 0.494 e. The van der Waals surface area contributed by atoms with Crippen molar-refractivity contribution < 1.29 is 75.4 Å². The van der Waals surface area contributed by atoms with Gasteiger partial charge in [0.15, 0.2) is 16.6 Å². The van der Waals surface area contributed by atoms with Crippen LogP contribution in [0.1, 0.15) is 86.6 Å². The maximum Gasteiger partial charge on any atom is 0.460 e. The van der Waals surface area contributed by atoms with E-state index in [-0.39, 0.29) is 23.3 Å². The van der Waals surface area contributed by atoms with E-state index >= 15 is 0 Å². The van der Waals surface area contributed by atoms with Gasteiger partial charge >= 0.3 is 35.8 Å². The van der Waals surface area contributed by atoms with Crippen LogP contribution in [-0.2, 0) is 20.2 Å². The van der Waals surface area contributed by atoms with Crippen LogP contribution in [0.5, 0.6) is 5.75 Å². The van der Waals surface area contributed by atoms with Crippen LogP contribution in [-0.4, -0.2) is 77.8 Å². The van der Waals surface area contributed by atoms with Gasteiger partial charge in [0.05, 0.1) is 25.4 Å². The highest BCUT2D eigenvalue weighted by Crippen LogP contribution is 2.60. The second kappa shape index (κ2) is 19.7. The lowest BCUT2D eigenvalue weighted by molar-refractivity contribution is -0.440. The Hall–Kier alpha value is -1.84. The van der Waals surface area contributed by atoms with Crippen molar-refractivity contribution in [2.24, 2.45) is 5.92 Å². The molecular weight excluding hydrogens is 824 g/mol. The smallest absolute Gasteiger partial charge is 0.460 e. The summed E-state index contributed by atoms with van der Waals surface area (Å²) >= 11 is 0. The van der Waals surface area contributed by atoms with Crippen LogP contribution in [0.15, 0.2) is 36.4 Å². The molecule has 0 unspecified atom stereocenters. The zero-order chi connectivity index (χ0) is 44.6. The molecule has 57 heavy (non-hydrogen) atoms. The molecule has 0 aromatic heterocycles. The standard InChI is InChI=1S/C38H59F13O4Si2/c1-11-57(12-2,13-3)55-32(8,23-25-54-56(9,10)31(5,6)7)21-14-16-28(4)26-52-27-29-17-19-30(20-18-29)53-24-15-22-33(39,40)34(41,42)35(43,44)36(45,46)37(47,48)38(49,50)51/h14,16-20,28H,11-13,15,21-27H2,1-10H3/t28-,32-/m0/s1. The van der Waals surface area contributed by atoms with Crippen LogP contribution in [0.4, 0.5) is 57.1 Å². The average molecular weight is 883 g/mol. The summed E-state index contributed by atoms with van der Waals surface area (Å²) in [5, 5.41) is 0.0877. The SMILES string of the molecule is CC[Si](CC)(CC)O[C@@](C)(CC=C[C@H](C)COCc1ccc(OCCCC(F)(F)C(F)(F)C(F)(F)C(F)(F)C(F)(F)C(F)(F)F)cc1)CCO[Si](C)(C)C(C)(C)C. The lowest BCUT2D eigenvalue weighted by atomic mass is 9.92. The van der Waals surface area contributed by atoms with Crippen molar-refractivity contribution in [3.8, 4) is 5.75 Å². The van der Waals surface area contributed by atoms with Gasteiger partial charge in [-0.1, -0.05) is 72.8 Å². The minimum Gasteiger partial charge on any atom is -0.494 e. The number of rotatable bonds is 25. The zero-order valence-corrected chi connectivity index (χ0v) is 36.4. The third kappa shape index (κ3) is 13.1. The van der Waals surface area contributed by atoms with Crippen molar-refractivity contribution in [1.29, 1.82) is 0 Å². The molecule has 0 heterocycles. The number of benzene rings is 1. The van der Waals surface area contributed by atoms with Crippen LogP contribution in [0.2, 0.25) is 36.3 Å². The fourth-order valence-electron chi connectivity index (χ4n) is 5.52. The molecule has 0 radical (unpaired) electrons. The summed E-state index contributed by atoms with van der Waals surface area (Å²) in [5.74, 6) is -36.8. The van der Waals surface area contributed by atoms with Crippen LogP contribution >= 0.6 is 0 Å². The van der Waals surface area contributed by atoms with Gasteiger partial charge in [-0.15, -0.1) is 0 Å².